The van der Waals surface area contributed by atoms with Gasteiger partial charge in [0.1, 0.15) is 11.5 Å². The van der Waals surface area contributed by atoms with Gasteiger partial charge in [-0.2, -0.15) is 0 Å². The molecule has 6 aromatic heterocycles. The molecule has 0 unspecified atom stereocenters. The van der Waals surface area contributed by atoms with Gasteiger partial charge in [0.25, 0.3) is 0 Å². The summed E-state index contributed by atoms with van der Waals surface area (Å²) in [6.45, 7) is 27.7. The number of fused-ring (bicyclic) bond motifs is 18. The molecule has 6 aliphatic carbocycles. The number of allylic oxidation sites excluding steroid dienone is 8. The smallest absolute Gasteiger partial charge is 0.127 e. The summed E-state index contributed by atoms with van der Waals surface area (Å²) >= 11 is 0. The van der Waals surface area contributed by atoms with E-state index >= 15 is 0 Å². The van der Waals surface area contributed by atoms with E-state index in [0.717, 1.165) is 208 Å². The number of aryl methyl sites for hydroxylation is 4. The summed E-state index contributed by atoms with van der Waals surface area (Å²) in [5.74, 6) is 2.32. The summed E-state index contributed by atoms with van der Waals surface area (Å²) < 4.78 is 14.3. The zero-order valence-corrected chi connectivity index (χ0v) is 58.7. The molecule has 4 atom stereocenters. The maximum atomic E-state index is 7.15. The zero-order chi connectivity index (χ0) is 65.1. The van der Waals surface area contributed by atoms with Crippen LogP contribution in [0.3, 0.4) is 0 Å². The fraction of sp³-hybridized carbons (Fsp3) is 0.452. The summed E-state index contributed by atoms with van der Waals surface area (Å²) in [6.07, 6.45) is 20.7. The second-order valence-electron chi connectivity index (χ2n) is 28.4. The second-order valence-corrected chi connectivity index (χ2v) is 28.4. The SMILES string of the molecule is CCCCC1=C(C)c2cc3[nH]c(cc4nc(cc5[nH]c(cc1n2)c(CC)c5CC)C(CCCC)=C4C)c1c3[C@@H]2CC[C@H]1c1c(OC)c3c(c(OC)c12)[C@@H]1CC[C@H]3c2c1c1cc3nc(cc4[nH]c(cc5nc(cc2[nH]1)C(C)=C5CCCC)c(CC)c4CC)C(CCCC)=C3C. The minimum atomic E-state index is 0.0544. The van der Waals surface area contributed by atoms with Gasteiger partial charge < -0.3 is 29.4 Å². The molecule has 17 rings (SSSR count). The number of aromatic amines is 4. The van der Waals surface area contributed by atoms with Crippen LogP contribution >= 0.6 is 0 Å². The van der Waals surface area contributed by atoms with Crippen molar-refractivity contribution in [1.82, 2.24) is 39.9 Å². The van der Waals surface area contributed by atoms with Crippen LogP contribution in [0.25, 0.3) is 88.7 Å². The van der Waals surface area contributed by atoms with Crippen molar-refractivity contribution in [3.05, 3.63) is 161 Å². The average molecular weight is 1250 g/mol. The van der Waals surface area contributed by atoms with Crippen LogP contribution in [0.2, 0.25) is 0 Å². The molecule has 10 nitrogen and oxygen atoms in total. The van der Waals surface area contributed by atoms with E-state index in [9.17, 15) is 0 Å². The van der Waals surface area contributed by atoms with Crippen molar-refractivity contribution in [2.24, 2.45) is 0 Å². The first-order valence-corrected chi connectivity index (χ1v) is 36.6. The number of hydrogen-bond acceptors (Lipinski definition) is 6. The first-order chi connectivity index (χ1) is 45.8. The Balaban J connectivity index is 1.00. The second kappa shape index (κ2) is 24.7. The van der Waals surface area contributed by atoms with Gasteiger partial charge in [0.15, 0.2) is 0 Å². The number of nitrogens with one attached hydrogen (secondary N) is 4. The number of methoxy groups -OCH3 is 2. The molecule has 0 saturated heterocycles. The monoisotopic (exact) mass is 1250 g/mol. The van der Waals surface area contributed by atoms with E-state index in [4.69, 9.17) is 29.4 Å². The van der Waals surface area contributed by atoms with E-state index in [2.05, 4.69) is 152 Å². The fourth-order valence-electron chi connectivity index (χ4n) is 18.8. The molecule has 7 aromatic rings. The van der Waals surface area contributed by atoms with Crippen LogP contribution < -0.4 is 9.47 Å². The van der Waals surface area contributed by atoms with E-state index < -0.39 is 0 Å². The van der Waals surface area contributed by atoms with Crippen LogP contribution in [-0.4, -0.2) is 54.1 Å². The number of H-pyrrole nitrogens is 4. The third-order valence-electron chi connectivity index (χ3n) is 23.4. The molecule has 94 heavy (non-hydrogen) atoms. The first kappa shape index (κ1) is 62.2. The Morgan fingerprint density at radius 3 is 0.723 bits per heavy atom. The summed E-state index contributed by atoms with van der Waals surface area (Å²) in [4.78, 5) is 39.1. The largest absolute Gasteiger partial charge is 0.496 e. The Morgan fingerprint density at radius 2 is 0.521 bits per heavy atom. The Bertz CT molecular complexity index is 4240. The lowest BCUT2D eigenvalue weighted by atomic mass is 9.58. The average Bonchev–Trinajstić information content (AvgIpc) is 1.17. The van der Waals surface area contributed by atoms with Crippen LogP contribution in [0.4, 0.5) is 0 Å². The number of aromatic nitrogens is 8. The van der Waals surface area contributed by atoms with Crippen molar-refractivity contribution in [1.29, 1.82) is 0 Å². The molecule has 0 spiro atoms. The van der Waals surface area contributed by atoms with Crippen molar-refractivity contribution in [2.75, 3.05) is 14.2 Å². The molecule has 4 aliphatic heterocycles. The lowest BCUT2D eigenvalue weighted by Crippen LogP contribution is -2.31. The Kier molecular flexibility index (Phi) is 16.3. The zero-order valence-electron chi connectivity index (χ0n) is 58.7. The number of rotatable bonds is 18. The number of nitrogens with zero attached hydrogens (tertiary/aromatic N) is 4. The molecule has 10 heterocycles. The van der Waals surface area contributed by atoms with Crippen molar-refractivity contribution >= 4 is 88.7 Å². The predicted octanol–water partition coefficient (Wildman–Crippen LogP) is 22.4. The third-order valence-corrected chi connectivity index (χ3v) is 23.4. The number of ether oxygens (including phenoxy) is 2. The fourth-order valence-corrected chi connectivity index (χ4v) is 18.8. The van der Waals surface area contributed by atoms with Crippen LogP contribution in [-0.2, 0) is 25.7 Å². The highest BCUT2D eigenvalue weighted by Crippen LogP contribution is 2.68. The van der Waals surface area contributed by atoms with Crippen molar-refractivity contribution in [3.8, 4) is 11.5 Å². The van der Waals surface area contributed by atoms with E-state index in [1.165, 1.54) is 133 Å². The Labute approximate surface area is 556 Å². The van der Waals surface area contributed by atoms with Crippen LogP contribution in [0.5, 0.6) is 11.5 Å². The van der Waals surface area contributed by atoms with Crippen molar-refractivity contribution < 1.29 is 9.47 Å². The van der Waals surface area contributed by atoms with Gasteiger partial charge in [-0.05, 0) is 268 Å². The normalized spacial score (nSPS) is 18.4. The molecule has 20 bridgehead atoms. The summed E-state index contributed by atoms with van der Waals surface area (Å²) in [5.41, 5.74) is 44.5. The lowest BCUT2D eigenvalue weighted by molar-refractivity contribution is 0.352. The molecule has 10 aliphatic rings. The topological polar surface area (TPSA) is 133 Å². The maximum Gasteiger partial charge on any atom is 0.127 e. The molecule has 0 saturated carbocycles. The van der Waals surface area contributed by atoms with Gasteiger partial charge in [0.2, 0.25) is 0 Å². The van der Waals surface area contributed by atoms with E-state index in [0.29, 0.717) is 0 Å². The molecular weight excluding hydrogens is 1150 g/mol. The van der Waals surface area contributed by atoms with Crippen LogP contribution in [0.1, 0.15) is 322 Å². The molecule has 0 radical (unpaired) electrons. The highest BCUT2D eigenvalue weighted by Gasteiger charge is 2.51. The molecule has 0 amide bonds. The quantitative estimate of drug-likeness (QED) is 0.0676. The first-order valence-electron chi connectivity index (χ1n) is 36.6. The van der Waals surface area contributed by atoms with Gasteiger partial charge >= 0.3 is 0 Å². The molecular formula is C84H98N8O2. The van der Waals surface area contributed by atoms with Gasteiger partial charge in [0, 0.05) is 90.1 Å². The summed E-state index contributed by atoms with van der Waals surface area (Å²) in [5, 5.41) is 0. The summed E-state index contributed by atoms with van der Waals surface area (Å²) in [7, 11) is 3.90. The van der Waals surface area contributed by atoms with Gasteiger partial charge in [0.05, 0.1) is 59.8 Å². The highest BCUT2D eigenvalue weighted by atomic mass is 16.5. The van der Waals surface area contributed by atoms with Crippen LogP contribution in [0, 0.1) is 0 Å². The minimum absolute atomic E-state index is 0.0544. The maximum absolute atomic E-state index is 7.15. The molecule has 0 fully saturated rings. The lowest BCUT2D eigenvalue weighted by Gasteiger charge is -2.46. The Hall–Kier alpha value is -7.98. The van der Waals surface area contributed by atoms with Crippen molar-refractivity contribution in [3.63, 3.8) is 0 Å². The van der Waals surface area contributed by atoms with Gasteiger partial charge in [-0.15, -0.1) is 0 Å². The van der Waals surface area contributed by atoms with Gasteiger partial charge in [-0.3, -0.25) is 0 Å². The number of benzene rings is 1. The van der Waals surface area contributed by atoms with E-state index in [1.54, 1.807) is 0 Å². The minimum Gasteiger partial charge on any atom is -0.496 e. The molecule has 1 aromatic carbocycles. The third kappa shape index (κ3) is 9.57. The Morgan fingerprint density at radius 1 is 0.309 bits per heavy atom. The number of unbranched alkanes of at least 4 members (excludes halogenated alkanes) is 4. The van der Waals surface area contributed by atoms with Crippen LogP contribution in [0.15, 0.2) is 48.5 Å². The van der Waals surface area contributed by atoms with Gasteiger partial charge in [-0.25, -0.2) is 19.9 Å². The molecule has 486 valence electrons. The predicted molar refractivity (Wildman–Crippen MR) is 393 cm³/mol. The molecule has 4 N–H and O–H groups in total. The highest BCUT2D eigenvalue weighted by molar-refractivity contribution is 5.98. The standard InChI is InChI=1S/C84H98N8O2/c1-15-23-27-51-43(9)59-35-71-75-55-31-32-56(76(75)72(91-71)36-60-44(10)52(28-24-16-2)68(86-60)40-64-48(20-6)47(19-5)63(89-64)39-67(51)85-59)80-79(55)83(93-13)81-57-33-34-58(82(81)84(80)94-14)78-74-38-62-46(12)54(30-26-18-4)70(88-62)42-66-50(22-8)49(21-7)65(90-66)41-69-53(29-25-17-3)45(11)61(87-69)37-73(92-74)77(57)78/h35-42,55-58,89-92H,15-34H2,1-14H3/t55-,56+,57+,58-. The number of hydrogen-bond donors (Lipinski definition) is 4. The summed E-state index contributed by atoms with van der Waals surface area (Å²) in [6, 6.07) is 19.1. The van der Waals surface area contributed by atoms with Crippen molar-refractivity contribution in [2.45, 2.75) is 235 Å². The van der Waals surface area contributed by atoms with E-state index in [1.807, 2.05) is 14.2 Å². The van der Waals surface area contributed by atoms with E-state index in [-0.39, 0.29) is 23.7 Å². The van der Waals surface area contributed by atoms with Gasteiger partial charge in [-0.1, -0.05) is 81.1 Å². The molecule has 10 heteroatoms.